The Morgan fingerprint density at radius 3 is 2.06 bits per heavy atom. The van der Waals surface area contributed by atoms with E-state index in [1.54, 1.807) is 14.1 Å². The van der Waals surface area contributed by atoms with Crippen LogP contribution >= 0.6 is 15.9 Å². The van der Waals surface area contributed by atoms with Gasteiger partial charge in [0.1, 0.15) is 19.3 Å². The Bertz CT molecular complexity index is 697. The Hall–Kier alpha value is -1.15. The van der Waals surface area contributed by atoms with Crippen LogP contribution in [0.15, 0.2) is 0 Å². The molecule has 33 heavy (non-hydrogen) atoms. The maximum atomic E-state index is 13.2. The number of hydrogen-bond donors (Lipinski definition) is 1. The highest BCUT2D eigenvalue weighted by Crippen LogP contribution is 2.50. The van der Waals surface area contributed by atoms with E-state index in [0.717, 1.165) is 25.7 Å². The second-order valence-corrected chi connectivity index (χ2v) is 13.1. The van der Waals surface area contributed by atoms with Crippen LogP contribution in [0, 0.1) is 16.2 Å². The van der Waals surface area contributed by atoms with Gasteiger partial charge in [0.15, 0.2) is 6.54 Å². The van der Waals surface area contributed by atoms with Crippen LogP contribution in [-0.4, -0.2) is 72.2 Å². The number of quaternary nitrogens is 1. The fourth-order valence-corrected chi connectivity index (χ4v) is 4.62. The fraction of sp³-hybridized carbons (Fsp3) is 0.880. The molecule has 0 heterocycles. The fourth-order valence-electron chi connectivity index (χ4n) is 4.27. The molecule has 2 atom stereocenters. The molecule has 8 heteroatoms. The zero-order valence-corrected chi connectivity index (χ0v) is 23.4. The molecule has 0 aromatic rings. The van der Waals surface area contributed by atoms with E-state index in [1.165, 1.54) is 6.42 Å². The third-order valence-electron chi connectivity index (χ3n) is 7.67. The normalized spacial score (nSPS) is 18.8. The number of aliphatic carboxylic acids is 1. The first-order valence-corrected chi connectivity index (χ1v) is 12.9. The highest BCUT2D eigenvalue weighted by Gasteiger charge is 2.52. The number of carboxylic acids is 1. The second-order valence-electron chi connectivity index (χ2n) is 11.7. The van der Waals surface area contributed by atoms with E-state index in [2.05, 4.69) is 15.9 Å². The largest absolute Gasteiger partial charge is 0.477 e. The Morgan fingerprint density at radius 1 is 1.03 bits per heavy atom. The minimum atomic E-state index is -0.894. The lowest BCUT2D eigenvalue weighted by atomic mass is 9.60. The highest BCUT2D eigenvalue weighted by molar-refractivity contribution is 9.09. The van der Waals surface area contributed by atoms with Crippen molar-refractivity contribution in [3.8, 4) is 0 Å². The minimum absolute atomic E-state index is 0.0138. The zero-order chi connectivity index (χ0) is 25.7. The van der Waals surface area contributed by atoms with Crippen molar-refractivity contribution < 1.29 is 33.4 Å². The molecule has 0 amide bonds. The molecular weight excluding hydrogens is 490 g/mol. The molecule has 2 unspecified atom stereocenters. The maximum Gasteiger partial charge on any atom is 0.359 e. The lowest BCUT2D eigenvalue weighted by Gasteiger charge is -2.45. The van der Waals surface area contributed by atoms with Crippen molar-refractivity contribution in [1.82, 2.24) is 0 Å². The van der Waals surface area contributed by atoms with Crippen LogP contribution in [0.1, 0.15) is 80.1 Å². The quantitative estimate of drug-likeness (QED) is 0.219. The number of ether oxygens (including phenoxy) is 2. The summed E-state index contributed by atoms with van der Waals surface area (Å²) in [7, 11) is 3.58. The van der Waals surface area contributed by atoms with E-state index in [4.69, 9.17) is 14.6 Å². The molecule has 0 aromatic carbocycles. The SMILES string of the molecule is CC(Br)C(C)(CC(C)(C)C(C)(C)C(=O)OC1CCCCC1)C(=O)OCC[N+](C)(C)CC(=O)O. The smallest absolute Gasteiger partial charge is 0.359 e. The summed E-state index contributed by atoms with van der Waals surface area (Å²) in [4.78, 5) is 37.2. The van der Waals surface area contributed by atoms with Gasteiger partial charge < -0.3 is 19.1 Å². The van der Waals surface area contributed by atoms with Crippen LogP contribution < -0.4 is 0 Å². The van der Waals surface area contributed by atoms with Crippen LogP contribution in [0.2, 0.25) is 0 Å². The first kappa shape index (κ1) is 29.9. The van der Waals surface area contributed by atoms with Crippen molar-refractivity contribution in [3.05, 3.63) is 0 Å². The average molecular weight is 536 g/mol. The van der Waals surface area contributed by atoms with Crippen molar-refractivity contribution >= 4 is 33.8 Å². The Morgan fingerprint density at radius 2 is 1.58 bits per heavy atom. The van der Waals surface area contributed by atoms with E-state index in [0.29, 0.717) is 13.0 Å². The molecule has 0 radical (unpaired) electrons. The number of nitrogens with zero attached hydrogens (tertiary/aromatic N) is 1. The monoisotopic (exact) mass is 534 g/mol. The molecule has 0 saturated heterocycles. The molecule has 192 valence electrons. The molecule has 0 aromatic heterocycles. The van der Waals surface area contributed by atoms with Gasteiger partial charge >= 0.3 is 17.9 Å². The van der Waals surface area contributed by atoms with Crippen molar-refractivity contribution in [1.29, 1.82) is 0 Å². The van der Waals surface area contributed by atoms with Gasteiger partial charge in [0.05, 0.1) is 24.9 Å². The van der Waals surface area contributed by atoms with E-state index in [9.17, 15) is 14.4 Å². The standard InChI is InChI=1S/C25H44BrNO6/c1-18(26)25(6,22(31)32-15-14-27(7,8)16-20(28)29)17-23(2,3)24(4,5)21(30)33-19-12-10-9-11-13-19/h18-19H,9-17H2,1-8H3/p+1. The summed E-state index contributed by atoms with van der Waals surface area (Å²) in [5.74, 6) is -1.47. The molecule has 1 saturated carbocycles. The number of rotatable bonds is 12. The number of carbonyl (C=O) groups excluding carboxylic acids is 2. The number of carbonyl (C=O) groups is 3. The molecule has 1 N–H and O–H groups in total. The number of carboxylic acid groups (broad SMARTS) is 1. The van der Waals surface area contributed by atoms with Crippen LogP contribution in [0.3, 0.4) is 0 Å². The van der Waals surface area contributed by atoms with Crippen molar-refractivity contribution in [2.45, 2.75) is 91.0 Å². The summed E-state index contributed by atoms with van der Waals surface area (Å²) in [6, 6.07) is 0. The first-order chi connectivity index (χ1) is 14.9. The molecule has 1 rings (SSSR count). The summed E-state index contributed by atoms with van der Waals surface area (Å²) in [5, 5.41) is 9.04. The number of likely N-dealkylation sites (N-methyl/N-ethyl adjacent to an activating group) is 1. The first-order valence-electron chi connectivity index (χ1n) is 12.0. The Balaban J connectivity index is 2.89. The number of alkyl halides is 1. The average Bonchev–Trinajstić information content (AvgIpc) is 2.66. The summed E-state index contributed by atoms with van der Waals surface area (Å²) in [6.07, 6.45) is 5.62. The molecular formula is C25H45BrNO6+. The molecule has 0 spiro atoms. The number of esters is 2. The Labute approximate surface area is 208 Å². The molecule has 0 aliphatic heterocycles. The van der Waals surface area contributed by atoms with Crippen LogP contribution in [0.4, 0.5) is 0 Å². The third kappa shape index (κ3) is 8.23. The zero-order valence-electron chi connectivity index (χ0n) is 21.8. The highest BCUT2D eigenvalue weighted by atomic mass is 79.9. The predicted octanol–water partition coefficient (Wildman–Crippen LogP) is 4.80. The van der Waals surface area contributed by atoms with E-state index in [1.807, 2.05) is 41.5 Å². The van der Waals surface area contributed by atoms with Gasteiger partial charge in [-0.1, -0.05) is 43.1 Å². The minimum Gasteiger partial charge on any atom is -0.477 e. The van der Waals surface area contributed by atoms with Crippen molar-refractivity contribution in [2.24, 2.45) is 16.2 Å². The van der Waals surface area contributed by atoms with Gasteiger partial charge in [-0.15, -0.1) is 0 Å². The summed E-state index contributed by atoms with van der Waals surface area (Å²) in [5.41, 5.74) is -2.22. The van der Waals surface area contributed by atoms with E-state index < -0.39 is 22.2 Å². The third-order valence-corrected chi connectivity index (χ3v) is 8.69. The second kappa shape index (κ2) is 11.5. The van der Waals surface area contributed by atoms with E-state index >= 15 is 0 Å². The summed E-state index contributed by atoms with van der Waals surface area (Å²) < 4.78 is 11.7. The van der Waals surface area contributed by atoms with Gasteiger partial charge in [-0.25, -0.2) is 4.79 Å². The van der Waals surface area contributed by atoms with Gasteiger partial charge in [0.2, 0.25) is 0 Å². The van der Waals surface area contributed by atoms with Crippen LogP contribution in [-0.2, 0) is 23.9 Å². The molecule has 1 aliphatic carbocycles. The van der Waals surface area contributed by atoms with Crippen LogP contribution in [0.25, 0.3) is 0 Å². The molecule has 1 fully saturated rings. The molecule has 7 nitrogen and oxygen atoms in total. The van der Waals surface area contributed by atoms with E-state index in [-0.39, 0.29) is 40.5 Å². The van der Waals surface area contributed by atoms with Gasteiger partial charge in [-0.05, 0) is 58.3 Å². The molecule has 1 aliphatic rings. The predicted molar refractivity (Wildman–Crippen MR) is 132 cm³/mol. The topological polar surface area (TPSA) is 89.9 Å². The lowest BCUT2D eigenvalue weighted by Crippen LogP contribution is -2.49. The summed E-state index contributed by atoms with van der Waals surface area (Å²) >= 11 is 3.60. The summed E-state index contributed by atoms with van der Waals surface area (Å²) in [6.45, 7) is 12.0. The number of hydrogen-bond acceptors (Lipinski definition) is 5. The molecule has 0 bridgehead atoms. The van der Waals surface area contributed by atoms with Crippen molar-refractivity contribution in [3.63, 3.8) is 0 Å². The van der Waals surface area contributed by atoms with Gasteiger partial charge in [0, 0.05) is 4.83 Å². The van der Waals surface area contributed by atoms with Gasteiger partial charge in [0.25, 0.3) is 0 Å². The van der Waals surface area contributed by atoms with Gasteiger partial charge in [-0.2, -0.15) is 0 Å². The Kier molecular flexibility index (Phi) is 10.4. The number of halogens is 1. The van der Waals surface area contributed by atoms with Crippen molar-refractivity contribution in [2.75, 3.05) is 33.8 Å². The lowest BCUT2D eigenvalue weighted by molar-refractivity contribution is -0.883. The van der Waals surface area contributed by atoms with Crippen LogP contribution in [0.5, 0.6) is 0 Å². The van der Waals surface area contributed by atoms with Gasteiger partial charge in [-0.3, -0.25) is 9.59 Å². The maximum absolute atomic E-state index is 13.2.